The average Bonchev–Trinajstić information content (AvgIpc) is 3.19. The minimum absolute atomic E-state index is 0.250. The first-order valence-electron chi connectivity index (χ1n) is 10.3. The topological polar surface area (TPSA) is 119 Å². The van der Waals surface area contributed by atoms with Gasteiger partial charge in [0.05, 0.1) is 18.6 Å². The lowest BCUT2D eigenvalue weighted by Crippen LogP contribution is -2.48. The molecule has 0 radical (unpaired) electrons. The number of nitrogens with zero attached hydrogens (tertiary/aromatic N) is 3. The Morgan fingerprint density at radius 2 is 1.79 bits per heavy atom. The zero-order valence-corrected chi connectivity index (χ0v) is 17.0. The molecule has 3 aliphatic carbocycles. The van der Waals surface area contributed by atoms with Crippen molar-refractivity contribution in [2.75, 3.05) is 13.7 Å². The summed E-state index contributed by atoms with van der Waals surface area (Å²) in [6.45, 7) is 2.93. The second-order valence-corrected chi connectivity index (χ2v) is 8.53. The van der Waals surface area contributed by atoms with E-state index in [1.807, 2.05) is 6.92 Å². The molecule has 0 saturated heterocycles. The molecule has 0 amide bonds. The molecule has 0 aliphatic heterocycles. The van der Waals surface area contributed by atoms with E-state index in [2.05, 4.69) is 4.98 Å². The molecule has 0 aromatic carbocycles. The Morgan fingerprint density at radius 1 is 1.14 bits per heavy atom. The quantitative estimate of drug-likeness (QED) is 0.724. The molecule has 0 atom stereocenters. The van der Waals surface area contributed by atoms with Crippen LogP contribution < -0.4 is 11.2 Å². The van der Waals surface area contributed by atoms with Gasteiger partial charge in [0.25, 0.3) is 5.56 Å². The highest BCUT2D eigenvalue weighted by molar-refractivity contribution is 5.75. The van der Waals surface area contributed by atoms with E-state index in [1.165, 1.54) is 9.13 Å². The summed E-state index contributed by atoms with van der Waals surface area (Å²) < 4.78 is 7.92. The minimum atomic E-state index is -0.703. The molecule has 29 heavy (non-hydrogen) atoms. The second kappa shape index (κ2) is 7.12. The number of aliphatic carboxylic acids is 1. The van der Waals surface area contributed by atoms with Crippen LogP contribution in [0.15, 0.2) is 9.59 Å². The van der Waals surface area contributed by atoms with Crippen molar-refractivity contribution in [3.63, 3.8) is 0 Å². The predicted octanol–water partition coefficient (Wildman–Crippen LogP) is 1.62. The van der Waals surface area contributed by atoms with Gasteiger partial charge in [0, 0.05) is 19.1 Å². The van der Waals surface area contributed by atoms with Crippen molar-refractivity contribution >= 4 is 17.1 Å². The zero-order chi connectivity index (χ0) is 20.8. The fraction of sp³-hybridized carbons (Fsp3) is 0.700. The van der Waals surface area contributed by atoms with Gasteiger partial charge < -0.3 is 14.8 Å². The largest absolute Gasteiger partial charge is 0.481 e. The molecule has 3 saturated carbocycles. The maximum Gasteiger partial charge on any atom is 0.332 e. The van der Waals surface area contributed by atoms with Gasteiger partial charge in [0.1, 0.15) is 11.3 Å². The zero-order valence-electron chi connectivity index (χ0n) is 17.0. The van der Waals surface area contributed by atoms with Gasteiger partial charge in [0.2, 0.25) is 0 Å². The van der Waals surface area contributed by atoms with Crippen LogP contribution in [0.1, 0.15) is 57.7 Å². The molecule has 9 heteroatoms. The number of fused-ring (bicyclic) bond motifs is 4. The number of H-pyrrole nitrogens is 1. The summed E-state index contributed by atoms with van der Waals surface area (Å²) in [5, 5.41) is 9.63. The lowest BCUT2D eigenvalue weighted by molar-refractivity contribution is -0.156. The number of aromatic nitrogens is 4. The Kier molecular flexibility index (Phi) is 4.88. The monoisotopic (exact) mass is 404 g/mol. The van der Waals surface area contributed by atoms with Gasteiger partial charge in [-0.05, 0) is 44.9 Å². The Labute approximate surface area is 167 Å². The molecule has 0 unspecified atom stereocenters. The van der Waals surface area contributed by atoms with Crippen LogP contribution in [-0.2, 0) is 28.0 Å². The van der Waals surface area contributed by atoms with Gasteiger partial charge >= 0.3 is 11.7 Å². The fourth-order valence-electron chi connectivity index (χ4n) is 5.08. The number of aromatic amines is 1. The van der Waals surface area contributed by atoms with Crippen LogP contribution in [0, 0.1) is 5.41 Å². The van der Waals surface area contributed by atoms with Gasteiger partial charge in [-0.15, -0.1) is 0 Å². The summed E-state index contributed by atoms with van der Waals surface area (Å²) in [5.74, 6) is 0.00867. The first-order chi connectivity index (χ1) is 13.9. The highest BCUT2D eigenvalue weighted by Gasteiger charge is 2.54. The van der Waals surface area contributed by atoms with Crippen LogP contribution in [0.25, 0.3) is 11.2 Å². The summed E-state index contributed by atoms with van der Waals surface area (Å²) in [5.41, 5.74) is -0.854. The van der Waals surface area contributed by atoms with E-state index in [-0.39, 0.29) is 16.7 Å². The number of rotatable bonds is 7. The summed E-state index contributed by atoms with van der Waals surface area (Å²) in [6, 6.07) is 0. The van der Waals surface area contributed by atoms with Crippen LogP contribution in [0.4, 0.5) is 0 Å². The number of methoxy groups -OCH3 is 1. The molecule has 2 heterocycles. The van der Waals surface area contributed by atoms with Crippen molar-refractivity contribution < 1.29 is 14.6 Å². The van der Waals surface area contributed by atoms with Crippen molar-refractivity contribution in [2.45, 2.75) is 70.4 Å². The molecule has 2 bridgehead atoms. The fourth-order valence-corrected chi connectivity index (χ4v) is 5.08. The third-order valence-electron chi connectivity index (χ3n) is 7.03. The van der Waals surface area contributed by atoms with Crippen molar-refractivity contribution in [3.8, 4) is 0 Å². The number of carboxylic acids is 1. The number of carboxylic acid groups (broad SMARTS) is 1. The summed E-state index contributed by atoms with van der Waals surface area (Å²) >= 11 is 0. The molecule has 2 aromatic rings. The summed E-state index contributed by atoms with van der Waals surface area (Å²) in [4.78, 5) is 45.6. The molecule has 2 aromatic heterocycles. The highest BCUT2D eigenvalue weighted by atomic mass is 16.5. The third kappa shape index (κ3) is 2.94. The van der Waals surface area contributed by atoms with E-state index < -0.39 is 11.4 Å². The van der Waals surface area contributed by atoms with Crippen LogP contribution in [0.3, 0.4) is 0 Å². The van der Waals surface area contributed by atoms with E-state index in [4.69, 9.17) is 9.72 Å². The maximum absolute atomic E-state index is 13.0. The number of ether oxygens (including phenoxy) is 1. The molecule has 9 nitrogen and oxygen atoms in total. The van der Waals surface area contributed by atoms with E-state index in [1.54, 1.807) is 7.11 Å². The second-order valence-electron chi connectivity index (χ2n) is 8.53. The van der Waals surface area contributed by atoms with Crippen LogP contribution in [0.5, 0.6) is 0 Å². The van der Waals surface area contributed by atoms with Crippen molar-refractivity contribution in [3.05, 3.63) is 26.7 Å². The summed E-state index contributed by atoms with van der Waals surface area (Å²) in [6.07, 6.45) is 4.72. The van der Waals surface area contributed by atoms with Gasteiger partial charge in [-0.25, -0.2) is 9.78 Å². The number of imidazole rings is 1. The number of carbonyl (C=O) groups is 1. The molecule has 3 fully saturated rings. The average molecular weight is 404 g/mol. The Morgan fingerprint density at radius 3 is 2.34 bits per heavy atom. The smallest absolute Gasteiger partial charge is 0.332 e. The first-order valence-corrected chi connectivity index (χ1v) is 10.3. The van der Waals surface area contributed by atoms with E-state index in [0.29, 0.717) is 62.4 Å². The van der Waals surface area contributed by atoms with Crippen LogP contribution in [0.2, 0.25) is 0 Å². The SMILES string of the molecule is CCCn1c(=O)c2[nH]c(C34CCC(C(=O)O)(CC3)CC4)nc2n(CCOC)c1=O. The van der Waals surface area contributed by atoms with E-state index in [0.717, 1.165) is 19.3 Å². The first kappa shape index (κ1) is 19.9. The molecular formula is C20H28N4O5. The van der Waals surface area contributed by atoms with Gasteiger partial charge in [-0.3, -0.25) is 18.7 Å². The molecule has 2 N–H and O–H groups in total. The molecule has 0 spiro atoms. The highest BCUT2D eigenvalue weighted by Crippen LogP contribution is 2.57. The Hall–Kier alpha value is -2.42. The molecule has 158 valence electrons. The number of nitrogens with one attached hydrogen (secondary N) is 1. The number of hydrogen-bond acceptors (Lipinski definition) is 5. The van der Waals surface area contributed by atoms with Crippen LogP contribution >= 0.6 is 0 Å². The van der Waals surface area contributed by atoms with Crippen molar-refractivity contribution in [1.29, 1.82) is 0 Å². The van der Waals surface area contributed by atoms with Crippen molar-refractivity contribution in [2.24, 2.45) is 5.41 Å². The van der Waals surface area contributed by atoms with Gasteiger partial charge in [0.15, 0.2) is 5.65 Å². The van der Waals surface area contributed by atoms with Gasteiger partial charge in [-0.2, -0.15) is 0 Å². The minimum Gasteiger partial charge on any atom is -0.481 e. The summed E-state index contributed by atoms with van der Waals surface area (Å²) in [7, 11) is 1.57. The normalized spacial score (nSPS) is 26.3. The predicted molar refractivity (Wildman–Crippen MR) is 106 cm³/mol. The van der Waals surface area contributed by atoms with E-state index >= 15 is 0 Å². The number of hydrogen-bond donors (Lipinski definition) is 2. The Balaban J connectivity index is 1.82. The van der Waals surface area contributed by atoms with Gasteiger partial charge in [-0.1, -0.05) is 6.92 Å². The van der Waals surface area contributed by atoms with Crippen molar-refractivity contribution in [1.82, 2.24) is 19.1 Å². The lowest BCUT2D eigenvalue weighted by Gasteiger charge is -2.50. The Bertz CT molecular complexity index is 1040. The molecule has 5 rings (SSSR count). The van der Waals surface area contributed by atoms with Crippen LogP contribution in [-0.4, -0.2) is 43.9 Å². The lowest BCUT2D eigenvalue weighted by atomic mass is 9.53. The van der Waals surface area contributed by atoms with E-state index in [9.17, 15) is 19.5 Å². The third-order valence-corrected chi connectivity index (χ3v) is 7.03. The standard InChI is InChI=1S/C20H28N4O5/c1-3-10-24-15(25)13-14(23(18(24)28)11-12-29-2)22-16(21-13)19-4-7-20(8-5-19,9-6-19)17(26)27/h3-12H2,1-2H3,(H,21,22)(H,26,27). The maximum atomic E-state index is 13.0. The molecular weight excluding hydrogens is 376 g/mol. The molecule has 3 aliphatic rings.